The van der Waals surface area contributed by atoms with Crippen LogP contribution in [0.15, 0.2) is 24.5 Å². The second kappa shape index (κ2) is 10.2. The maximum atomic E-state index is 12.4. The maximum absolute atomic E-state index is 12.4. The van der Waals surface area contributed by atoms with Crippen molar-refractivity contribution in [2.24, 2.45) is 0 Å². The molecule has 0 atom stereocenters. The number of imidazole rings is 1. The molecule has 1 saturated heterocycles. The SMILES string of the molecule is COc1ccc(CNc2nc(Cl)nc3c2ncn3C2CCN(C(=O)OC(C)(C)C)CC2)c(OC)c1. The number of carbonyl (C=O) groups is 1. The molecule has 1 aromatic carbocycles. The topological polar surface area (TPSA) is 104 Å². The predicted octanol–water partition coefficient (Wildman–Crippen LogP) is 4.68. The Morgan fingerprint density at radius 1 is 1.17 bits per heavy atom. The van der Waals surface area contributed by atoms with Crippen molar-refractivity contribution in [3.05, 3.63) is 35.4 Å². The molecule has 0 saturated carbocycles. The average Bonchev–Trinajstić information content (AvgIpc) is 3.25. The summed E-state index contributed by atoms with van der Waals surface area (Å²) >= 11 is 6.28. The summed E-state index contributed by atoms with van der Waals surface area (Å²) in [4.78, 5) is 27.5. The van der Waals surface area contributed by atoms with E-state index in [9.17, 15) is 4.79 Å². The summed E-state index contributed by atoms with van der Waals surface area (Å²) in [6.45, 7) is 7.26. The van der Waals surface area contributed by atoms with Crippen LogP contribution in [0.4, 0.5) is 10.6 Å². The fourth-order valence-corrected chi connectivity index (χ4v) is 4.27. The van der Waals surface area contributed by atoms with Gasteiger partial charge in [-0.05, 0) is 57.3 Å². The Morgan fingerprint density at radius 2 is 1.91 bits per heavy atom. The zero-order valence-electron chi connectivity index (χ0n) is 20.7. The number of halogens is 1. The van der Waals surface area contributed by atoms with E-state index in [2.05, 4.69) is 20.3 Å². The Kier molecular flexibility index (Phi) is 7.20. The first-order valence-electron chi connectivity index (χ1n) is 11.5. The third-order valence-electron chi connectivity index (χ3n) is 5.84. The van der Waals surface area contributed by atoms with E-state index >= 15 is 0 Å². The molecule has 0 bridgehead atoms. The highest BCUT2D eigenvalue weighted by atomic mass is 35.5. The van der Waals surface area contributed by atoms with Gasteiger partial charge in [0.1, 0.15) is 17.1 Å². The minimum absolute atomic E-state index is 0.134. The number of benzene rings is 1. The number of nitrogens with one attached hydrogen (secondary N) is 1. The van der Waals surface area contributed by atoms with E-state index in [1.807, 2.05) is 43.5 Å². The largest absolute Gasteiger partial charge is 0.497 e. The Morgan fingerprint density at radius 3 is 2.57 bits per heavy atom. The number of fused-ring (bicyclic) bond motifs is 1. The predicted molar refractivity (Wildman–Crippen MR) is 133 cm³/mol. The second-order valence-corrected chi connectivity index (χ2v) is 9.73. The third kappa shape index (κ3) is 5.70. The minimum atomic E-state index is -0.513. The molecule has 2 aromatic heterocycles. The normalized spacial score (nSPS) is 14.7. The molecule has 0 spiro atoms. The molecule has 11 heteroatoms. The van der Waals surface area contributed by atoms with Gasteiger partial charge in [-0.3, -0.25) is 0 Å². The Balaban J connectivity index is 1.49. The highest BCUT2D eigenvalue weighted by molar-refractivity contribution is 6.28. The van der Waals surface area contributed by atoms with Crippen molar-refractivity contribution < 1.29 is 19.0 Å². The summed E-state index contributed by atoms with van der Waals surface area (Å²) in [6, 6.07) is 5.78. The summed E-state index contributed by atoms with van der Waals surface area (Å²) < 4.78 is 18.3. The lowest BCUT2D eigenvalue weighted by Crippen LogP contribution is -2.42. The molecule has 188 valence electrons. The van der Waals surface area contributed by atoms with E-state index in [1.165, 1.54) is 0 Å². The van der Waals surface area contributed by atoms with Crippen LogP contribution in [-0.2, 0) is 11.3 Å². The molecule has 10 nitrogen and oxygen atoms in total. The van der Waals surface area contributed by atoms with Gasteiger partial charge in [-0.1, -0.05) is 0 Å². The second-order valence-electron chi connectivity index (χ2n) is 9.40. The maximum Gasteiger partial charge on any atom is 0.410 e. The van der Waals surface area contributed by atoms with Crippen molar-refractivity contribution in [3.63, 3.8) is 0 Å². The average molecular weight is 503 g/mol. The van der Waals surface area contributed by atoms with Crippen LogP contribution in [0.5, 0.6) is 11.5 Å². The Hall–Kier alpha value is -3.27. The van der Waals surface area contributed by atoms with Gasteiger partial charge in [-0.25, -0.2) is 9.78 Å². The molecule has 35 heavy (non-hydrogen) atoms. The lowest BCUT2D eigenvalue weighted by atomic mass is 10.1. The van der Waals surface area contributed by atoms with Gasteiger partial charge in [-0.15, -0.1) is 0 Å². The monoisotopic (exact) mass is 502 g/mol. The zero-order valence-corrected chi connectivity index (χ0v) is 21.4. The molecular formula is C24H31ClN6O4. The van der Waals surface area contributed by atoms with E-state index in [4.69, 9.17) is 25.8 Å². The zero-order chi connectivity index (χ0) is 25.2. The van der Waals surface area contributed by atoms with Crippen molar-refractivity contribution in [1.29, 1.82) is 0 Å². The number of piperidine rings is 1. The summed E-state index contributed by atoms with van der Waals surface area (Å²) in [6.07, 6.45) is 3.01. The van der Waals surface area contributed by atoms with Gasteiger partial charge in [-0.2, -0.15) is 9.97 Å². The number of hydrogen-bond donors (Lipinski definition) is 1. The number of hydrogen-bond acceptors (Lipinski definition) is 8. The molecule has 3 aromatic rings. The van der Waals surface area contributed by atoms with Crippen LogP contribution in [0, 0.1) is 0 Å². The first-order chi connectivity index (χ1) is 16.7. The lowest BCUT2D eigenvalue weighted by Gasteiger charge is -2.33. The number of rotatable bonds is 6. The summed E-state index contributed by atoms with van der Waals surface area (Å²) in [5.74, 6) is 1.97. The van der Waals surface area contributed by atoms with Crippen LogP contribution in [0.2, 0.25) is 5.28 Å². The highest BCUT2D eigenvalue weighted by Crippen LogP contribution is 2.30. The molecule has 0 aliphatic carbocycles. The van der Waals surface area contributed by atoms with Crippen molar-refractivity contribution >= 4 is 34.7 Å². The highest BCUT2D eigenvalue weighted by Gasteiger charge is 2.29. The first-order valence-corrected chi connectivity index (χ1v) is 11.9. The van der Waals surface area contributed by atoms with E-state index in [0.717, 1.165) is 24.2 Å². The van der Waals surface area contributed by atoms with Crippen LogP contribution in [0.25, 0.3) is 11.2 Å². The lowest BCUT2D eigenvalue weighted by molar-refractivity contribution is 0.0189. The molecule has 1 aliphatic rings. The number of ether oxygens (including phenoxy) is 3. The molecule has 1 aliphatic heterocycles. The minimum Gasteiger partial charge on any atom is -0.497 e. The van der Waals surface area contributed by atoms with E-state index in [0.29, 0.717) is 42.4 Å². The van der Waals surface area contributed by atoms with Crippen molar-refractivity contribution in [2.45, 2.75) is 51.8 Å². The van der Waals surface area contributed by atoms with E-state index in [-0.39, 0.29) is 17.4 Å². The number of methoxy groups -OCH3 is 2. The molecule has 3 heterocycles. The van der Waals surface area contributed by atoms with Crippen LogP contribution < -0.4 is 14.8 Å². The number of amides is 1. The number of anilines is 1. The van der Waals surface area contributed by atoms with Gasteiger partial charge in [0.2, 0.25) is 5.28 Å². The fourth-order valence-electron chi connectivity index (χ4n) is 4.11. The molecule has 0 radical (unpaired) electrons. The standard InChI is InChI=1S/C24H31ClN6O4/c1-24(2,3)35-23(32)30-10-8-16(9-11-30)31-14-27-19-20(28-22(25)29-21(19)31)26-13-15-6-7-17(33-4)12-18(15)34-5/h6-7,12,14,16H,8-11,13H2,1-5H3,(H,26,28,29). The van der Waals surface area contributed by atoms with Crippen molar-refractivity contribution in [2.75, 3.05) is 32.6 Å². The molecule has 1 amide bonds. The smallest absolute Gasteiger partial charge is 0.410 e. The molecule has 4 rings (SSSR count). The van der Waals surface area contributed by atoms with Gasteiger partial charge in [0.05, 0.1) is 20.5 Å². The van der Waals surface area contributed by atoms with E-state index in [1.54, 1.807) is 25.4 Å². The van der Waals surface area contributed by atoms with Gasteiger partial charge in [0.25, 0.3) is 0 Å². The van der Waals surface area contributed by atoms with Crippen molar-refractivity contribution in [1.82, 2.24) is 24.4 Å². The molecule has 1 N–H and O–H groups in total. The number of nitrogens with zero attached hydrogens (tertiary/aromatic N) is 5. The van der Waals surface area contributed by atoms with Gasteiger partial charge in [0.15, 0.2) is 17.0 Å². The van der Waals surface area contributed by atoms with Crippen LogP contribution in [0.1, 0.15) is 45.2 Å². The van der Waals surface area contributed by atoms with Gasteiger partial charge >= 0.3 is 6.09 Å². The van der Waals surface area contributed by atoms with Gasteiger partial charge < -0.3 is 29.0 Å². The Bertz CT molecular complexity index is 1200. The van der Waals surface area contributed by atoms with Crippen LogP contribution in [0.3, 0.4) is 0 Å². The van der Waals surface area contributed by atoms with E-state index < -0.39 is 5.60 Å². The summed E-state index contributed by atoms with van der Waals surface area (Å²) in [5.41, 5.74) is 1.72. The fraction of sp³-hybridized carbons (Fsp3) is 0.500. The van der Waals surface area contributed by atoms with Crippen LogP contribution >= 0.6 is 11.6 Å². The third-order valence-corrected chi connectivity index (χ3v) is 6.01. The molecular weight excluding hydrogens is 472 g/mol. The van der Waals surface area contributed by atoms with Crippen LogP contribution in [-0.4, -0.2) is 63.4 Å². The molecule has 0 unspecified atom stereocenters. The van der Waals surface area contributed by atoms with Crippen molar-refractivity contribution in [3.8, 4) is 11.5 Å². The summed E-state index contributed by atoms with van der Waals surface area (Å²) in [7, 11) is 3.23. The molecule has 1 fully saturated rings. The Labute approximate surface area is 209 Å². The number of carbonyl (C=O) groups excluding carboxylic acids is 1. The number of aromatic nitrogens is 4. The summed E-state index contributed by atoms with van der Waals surface area (Å²) in [5, 5.41) is 3.45. The quantitative estimate of drug-likeness (QED) is 0.484. The van der Waals surface area contributed by atoms with Gasteiger partial charge in [0, 0.05) is 37.3 Å². The number of likely N-dealkylation sites (tertiary alicyclic amines) is 1. The first kappa shape index (κ1) is 24.8.